The lowest BCUT2D eigenvalue weighted by Gasteiger charge is -1.94. The molecule has 0 atom stereocenters. The fourth-order valence-electron chi connectivity index (χ4n) is 0.561. The van der Waals surface area contributed by atoms with Gasteiger partial charge in [0.05, 0.1) is 0 Å². The molecule has 0 amide bonds. The predicted molar refractivity (Wildman–Crippen MR) is 44.4 cm³/mol. The molecule has 55 valence electrons. The van der Waals surface area contributed by atoms with Crippen molar-refractivity contribution < 1.29 is 4.74 Å². The minimum atomic E-state index is 0.587. The molecule has 0 bridgehead atoms. The standard InChI is InChI=1S/C9H6ClO/c1-2-7-11-9-5-3-8(10)4-6-9/h3-5H,1H3. The van der Waals surface area contributed by atoms with Crippen LogP contribution < -0.4 is 4.74 Å². The number of benzene rings is 1. The van der Waals surface area contributed by atoms with E-state index in [1.165, 1.54) is 0 Å². The van der Waals surface area contributed by atoms with Gasteiger partial charge < -0.3 is 4.74 Å². The van der Waals surface area contributed by atoms with E-state index in [1.807, 2.05) is 0 Å². The maximum Gasteiger partial charge on any atom is 0.148 e. The van der Waals surface area contributed by atoms with Gasteiger partial charge in [-0.05, 0) is 18.2 Å². The Morgan fingerprint density at radius 2 is 2.36 bits per heavy atom. The minimum absolute atomic E-state index is 0.587. The van der Waals surface area contributed by atoms with E-state index in [-0.39, 0.29) is 0 Å². The Labute approximate surface area is 70.9 Å². The fraction of sp³-hybridized carbons (Fsp3) is 0.111. The Hall–Kier alpha value is -1.13. The van der Waals surface area contributed by atoms with Crippen LogP contribution in [0.5, 0.6) is 5.75 Å². The molecule has 1 radical (unpaired) electrons. The highest BCUT2D eigenvalue weighted by molar-refractivity contribution is 6.30. The van der Waals surface area contributed by atoms with Gasteiger partial charge in [-0.25, -0.2) is 0 Å². The van der Waals surface area contributed by atoms with Gasteiger partial charge in [0.2, 0.25) is 0 Å². The van der Waals surface area contributed by atoms with Crippen LogP contribution in [0.15, 0.2) is 18.2 Å². The van der Waals surface area contributed by atoms with Gasteiger partial charge in [-0.3, -0.25) is 0 Å². The molecule has 0 spiro atoms. The summed E-state index contributed by atoms with van der Waals surface area (Å²) < 4.78 is 4.93. The summed E-state index contributed by atoms with van der Waals surface area (Å²) in [5.41, 5.74) is 0. The summed E-state index contributed by atoms with van der Waals surface area (Å²) in [7, 11) is 0. The molecular formula is C9H6ClO. The van der Waals surface area contributed by atoms with Crippen LogP contribution in [0.4, 0.5) is 0 Å². The van der Waals surface area contributed by atoms with E-state index in [4.69, 9.17) is 16.3 Å². The molecule has 0 N–H and O–H groups in total. The zero-order valence-electron chi connectivity index (χ0n) is 6.02. The van der Waals surface area contributed by atoms with Crippen LogP contribution in [0.1, 0.15) is 6.92 Å². The molecule has 1 aromatic rings. The van der Waals surface area contributed by atoms with Crippen molar-refractivity contribution in [1.29, 1.82) is 0 Å². The summed E-state index contributed by atoms with van der Waals surface area (Å²) in [4.78, 5) is 0. The van der Waals surface area contributed by atoms with Crippen molar-refractivity contribution in [2.24, 2.45) is 0 Å². The van der Waals surface area contributed by atoms with E-state index in [0.717, 1.165) is 0 Å². The Morgan fingerprint density at radius 3 is 2.91 bits per heavy atom. The van der Waals surface area contributed by atoms with Crippen LogP contribution in [0, 0.1) is 18.1 Å². The second kappa shape index (κ2) is 3.90. The molecule has 11 heavy (non-hydrogen) atoms. The first-order chi connectivity index (χ1) is 5.33. The highest BCUT2D eigenvalue weighted by Gasteiger charge is 1.90. The molecule has 0 aliphatic heterocycles. The lowest BCUT2D eigenvalue weighted by molar-refractivity contribution is 0.518. The van der Waals surface area contributed by atoms with Gasteiger partial charge in [-0.1, -0.05) is 17.5 Å². The summed E-state index contributed by atoms with van der Waals surface area (Å²) in [6.07, 6.45) is 2.46. The van der Waals surface area contributed by atoms with Crippen LogP contribution in [0.25, 0.3) is 0 Å². The molecule has 0 aromatic heterocycles. The van der Waals surface area contributed by atoms with Gasteiger partial charge in [-0.2, -0.15) is 0 Å². The first-order valence-electron chi connectivity index (χ1n) is 3.09. The molecule has 0 unspecified atom stereocenters. The number of halogens is 1. The molecule has 0 saturated carbocycles. The lowest BCUT2D eigenvalue weighted by Crippen LogP contribution is -1.80. The summed E-state index contributed by atoms with van der Waals surface area (Å²) >= 11 is 5.62. The van der Waals surface area contributed by atoms with Crippen LogP contribution in [0.2, 0.25) is 5.02 Å². The predicted octanol–water partition coefficient (Wildman–Crippen LogP) is 2.50. The van der Waals surface area contributed by atoms with Crippen molar-refractivity contribution in [3.05, 3.63) is 29.3 Å². The van der Waals surface area contributed by atoms with Crippen molar-refractivity contribution in [3.8, 4) is 17.8 Å². The quantitative estimate of drug-likeness (QED) is 0.581. The highest BCUT2D eigenvalue weighted by Crippen LogP contribution is 2.13. The first kappa shape index (κ1) is 7.97. The molecule has 2 heteroatoms. The Balaban J connectivity index is 2.71. The second-order valence-electron chi connectivity index (χ2n) is 1.83. The fourth-order valence-corrected chi connectivity index (χ4v) is 0.679. The van der Waals surface area contributed by atoms with Crippen molar-refractivity contribution in [1.82, 2.24) is 0 Å². The molecule has 0 saturated heterocycles. The summed E-state index contributed by atoms with van der Waals surface area (Å²) in [5, 5.41) is 0.641. The lowest BCUT2D eigenvalue weighted by atomic mass is 10.3. The summed E-state index contributed by atoms with van der Waals surface area (Å²) in [6.45, 7) is 1.70. The number of hydrogen-bond donors (Lipinski definition) is 0. The van der Waals surface area contributed by atoms with Crippen molar-refractivity contribution in [2.75, 3.05) is 0 Å². The van der Waals surface area contributed by atoms with Crippen LogP contribution in [-0.4, -0.2) is 0 Å². The smallest absolute Gasteiger partial charge is 0.148 e. The molecular weight excluding hydrogens is 160 g/mol. The van der Waals surface area contributed by atoms with E-state index < -0.39 is 0 Å². The monoisotopic (exact) mass is 165 g/mol. The van der Waals surface area contributed by atoms with Gasteiger partial charge in [0.25, 0.3) is 0 Å². The van der Waals surface area contributed by atoms with E-state index in [0.29, 0.717) is 10.8 Å². The van der Waals surface area contributed by atoms with Crippen LogP contribution in [0.3, 0.4) is 0 Å². The zero-order chi connectivity index (χ0) is 8.10. The third-order valence-electron chi connectivity index (χ3n) is 1.01. The topological polar surface area (TPSA) is 9.23 Å². The van der Waals surface area contributed by atoms with E-state index in [2.05, 4.69) is 18.1 Å². The molecule has 0 aliphatic carbocycles. The van der Waals surface area contributed by atoms with Gasteiger partial charge in [0.1, 0.15) is 11.9 Å². The Bertz CT molecular complexity index is 279. The van der Waals surface area contributed by atoms with E-state index >= 15 is 0 Å². The van der Waals surface area contributed by atoms with Crippen LogP contribution in [-0.2, 0) is 0 Å². The maximum atomic E-state index is 5.62. The Morgan fingerprint density at radius 1 is 1.55 bits per heavy atom. The third-order valence-corrected chi connectivity index (χ3v) is 1.24. The van der Waals surface area contributed by atoms with Crippen molar-refractivity contribution in [3.63, 3.8) is 0 Å². The van der Waals surface area contributed by atoms with Crippen molar-refractivity contribution in [2.45, 2.75) is 6.92 Å². The SMILES string of the molecule is CC#COc1[c]cc(Cl)cc1. The van der Waals surface area contributed by atoms with E-state index in [1.54, 1.807) is 25.1 Å². The molecule has 1 aromatic carbocycles. The molecule has 0 heterocycles. The largest absolute Gasteiger partial charge is 0.407 e. The van der Waals surface area contributed by atoms with Gasteiger partial charge >= 0.3 is 0 Å². The highest BCUT2D eigenvalue weighted by atomic mass is 35.5. The molecule has 1 rings (SSSR count). The molecule has 1 nitrogen and oxygen atoms in total. The minimum Gasteiger partial charge on any atom is -0.407 e. The van der Waals surface area contributed by atoms with E-state index in [9.17, 15) is 0 Å². The number of ether oxygens (including phenoxy) is 1. The number of rotatable bonds is 1. The molecule has 0 aliphatic rings. The van der Waals surface area contributed by atoms with Crippen LogP contribution >= 0.6 is 11.6 Å². The van der Waals surface area contributed by atoms with Gasteiger partial charge in [-0.15, -0.1) is 0 Å². The van der Waals surface area contributed by atoms with Crippen molar-refractivity contribution >= 4 is 11.6 Å². The zero-order valence-corrected chi connectivity index (χ0v) is 6.77. The van der Waals surface area contributed by atoms with Gasteiger partial charge in [0, 0.05) is 18.0 Å². The number of hydrogen-bond acceptors (Lipinski definition) is 1. The normalized spacial score (nSPS) is 8.18. The van der Waals surface area contributed by atoms with Gasteiger partial charge in [0.15, 0.2) is 0 Å². The third kappa shape index (κ3) is 2.53. The summed E-state index contributed by atoms with van der Waals surface area (Å²) in [6, 6.07) is 7.89. The maximum absolute atomic E-state index is 5.62. The Kier molecular flexibility index (Phi) is 2.83. The first-order valence-corrected chi connectivity index (χ1v) is 3.46. The summed E-state index contributed by atoms with van der Waals surface area (Å²) in [5.74, 6) is 3.19. The average molecular weight is 166 g/mol. The second-order valence-corrected chi connectivity index (χ2v) is 2.26. The average Bonchev–Trinajstić information content (AvgIpc) is 2.04. The molecule has 0 fully saturated rings.